The summed E-state index contributed by atoms with van der Waals surface area (Å²) >= 11 is 6.34. The fourth-order valence-corrected chi connectivity index (χ4v) is 5.36. The zero-order chi connectivity index (χ0) is 25.4. The van der Waals surface area contributed by atoms with Crippen LogP contribution in [0.1, 0.15) is 31.2 Å². The van der Waals surface area contributed by atoms with Crippen molar-refractivity contribution in [2.45, 2.75) is 43.9 Å². The minimum absolute atomic E-state index is 0.0983. The molecule has 0 radical (unpaired) electrons. The Morgan fingerprint density at radius 2 is 2.03 bits per heavy atom. The quantitative estimate of drug-likeness (QED) is 0.584. The molecule has 3 aliphatic carbocycles. The van der Waals surface area contributed by atoms with E-state index in [4.69, 9.17) is 16.3 Å². The molecule has 4 aliphatic rings. The lowest BCUT2D eigenvalue weighted by molar-refractivity contribution is -0.132. The summed E-state index contributed by atoms with van der Waals surface area (Å²) in [6.45, 7) is 1.11. The SMILES string of the molecule is CNC(=O)NC1C=CC2=C(CC[C@]23CN(CC(=O)N(Cc2ccccc2Cl)CC2CC2)C(=O)O3)C1=O. The molecule has 1 aliphatic heterocycles. The predicted octanol–water partition coefficient (Wildman–Crippen LogP) is 2.80. The third-order valence-electron chi connectivity index (χ3n) is 7.30. The minimum atomic E-state index is -0.957. The number of rotatable bonds is 7. The topological polar surface area (TPSA) is 108 Å². The van der Waals surface area contributed by atoms with Crippen LogP contribution in [0.25, 0.3) is 0 Å². The van der Waals surface area contributed by atoms with E-state index in [0.29, 0.717) is 48.0 Å². The summed E-state index contributed by atoms with van der Waals surface area (Å²) in [7, 11) is 1.48. The predicted molar refractivity (Wildman–Crippen MR) is 132 cm³/mol. The second kappa shape index (κ2) is 9.61. The van der Waals surface area contributed by atoms with Crippen LogP contribution in [0.3, 0.4) is 0 Å². The number of ketones is 1. The number of hydrogen-bond acceptors (Lipinski definition) is 5. The monoisotopic (exact) mass is 512 g/mol. The molecule has 1 spiro atoms. The van der Waals surface area contributed by atoms with E-state index in [1.807, 2.05) is 18.2 Å². The molecule has 2 fully saturated rings. The lowest BCUT2D eigenvalue weighted by atomic mass is 9.89. The van der Waals surface area contributed by atoms with Gasteiger partial charge in [-0.1, -0.05) is 42.0 Å². The number of halogens is 1. The molecule has 1 heterocycles. The highest BCUT2D eigenvalue weighted by Crippen LogP contribution is 2.45. The van der Waals surface area contributed by atoms with Gasteiger partial charge in [-0.3, -0.25) is 14.5 Å². The van der Waals surface area contributed by atoms with E-state index in [-0.39, 0.29) is 24.8 Å². The summed E-state index contributed by atoms with van der Waals surface area (Å²) in [6, 6.07) is 6.25. The van der Waals surface area contributed by atoms with Crippen LogP contribution in [0.2, 0.25) is 5.02 Å². The number of benzene rings is 1. The van der Waals surface area contributed by atoms with Crippen molar-refractivity contribution >= 4 is 35.4 Å². The van der Waals surface area contributed by atoms with E-state index in [1.54, 1.807) is 23.1 Å². The Labute approximate surface area is 214 Å². The molecule has 1 aromatic carbocycles. The third-order valence-corrected chi connectivity index (χ3v) is 7.67. The van der Waals surface area contributed by atoms with Gasteiger partial charge in [0.2, 0.25) is 5.91 Å². The molecular formula is C26H29ClN4O5. The van der Waals surface area contributed by atoms with E-state index in [9.17, 15) is 19.2 Å². The smallest absolute Gasteiger partial charge is 0.411 e. The Hall–Kier alpha value is -3.33. The lowest BCUT2D eigenvalue weighted by Gasteiger charge is -2.27. The van der Waals surface area contributed by atoms with Crippen LogP contribution in [-0.2, 0) is 20.9 Å². The number of urea groups is 1. The maximum absolute atomic E-state index is 13.3. The van der Waals surface area contributed by atoms with Gasteiger partial charge in [0.1, 0.15) is 12.6 Å². The van der Waals surface area contributed by atoms with Gasteiger partial charge in [0.05, 0.1) is 6.54 Å². The first-order chi connectivity index (χ1) is 17.3. The Bertz CT molecular complexity index is 1180. The van der Waals surface area contributed by atoms with Gasteiger partial charge in [0.25, 0.3) is 0 Å². The zero-order valence-corrected chi connectivity index (χ0v) is 20.8. The van der Waals surface area contributed by atoms with Crippen LogP contribution in [0, 0.1) is 5.92 Å². The van der Waals surface area contributed by atoms with Crippen molar-refractivity contribution in [3.63, 3.8) is 0 Å². The van der Waals surface area contributed by atoms with E-state index >= 15 is 0 Å². The second-order valence-corrected chi connectivity index (χ2v) is 10.3. The van der Waals surface area contributed by atoms with Crippen molar-refractivity contribution in [3.05, 3.63) is 58.1 Å². The number of hydrogen-bond donors (Lipinski definition) is 2. The molecule has 190 valence electrons. The number of nitrogens with one attached hydrogen (secondary N) is 2. The molecule has 36 heavy (non-hydrogen) atoms. The summed E-state index contributed by atoms with van der Waals surface area (Å²) in [6.07, 6.45) is 5.91. The van der Waals surface area contributed by atoms with Crippen molar-refractivity contribution in [1.82, 2.24) is 20.4 Å². The summed E-state index contributed by atoms with van der Waals surface area (Å²) in [5, 5.41) is 5.66. The van der Waals surface area contributed by atoms with Crippen molar-refractivity contribution in [2.24, 2.45) is 5.92 Å². The van der Waals surface area contributed by atoms with Gasteiger partial charge >= 0.3 is 12.1 Å². The highest BCUT2D eigenvalue weighted by molar-refractivity contribution is 6.31. The fraction of sp³-hybridized carbons (Fsp3) is 0.462. The van der Waals surface area contributed by atoms with E-state index < -0.39 is 23.8 Å². The van der Waals surface area contributed by atoms with Crippen molar-refractivity contribution < 1.29 is 23.9 Å². The lowest BCUT2D eigenvalue weighted by Crippen LogP contribution is -2.46. The average Bonchev–Trinajstić information content (AvgIpc) is 3.53. The summed E-state index contributed by atoms with van der Waals surface area (Å²) in [5.41, 5.74) is 1.14. The summed E-state index contributed by atoms with van der Waals surface area (Å²) in [5.74, 6) is 0.118. The van der Waals surface area contributed by atoms with Gasteiger partial charge in [-0.05, 0) is 43.2 Å². The van der Waals surface area contributed by atoms with Crippen LogP contribution in [0.15, 0.2) is 47.6 Å². The molecule has 2 atom stereocenters. The first kappa shape index (κ1) is 24.4. The van der Waals surface area contributed by atoms with Gasteiger partial charge < -0.3 is 20.3 Å². The van der Waals surface area contributed by atoms with Crippen LogP contribution in [0.4, 0.5) is 9.59 Å². The summed E-state index contributed by atoms with van der Waals surface area (Å²) in [4.78, 5) is 54.0. The number of amides is 4. The molecule has 1 unspecified atom stereocenters. The largest absolute Gasteiger partial charge is 0.436 e. The number of carbonyl (C=O) groups is 4. The molecular weight excluding hydrogens is 484 g/mol. The molecule has 5 rings (SSSR count). The minimum Gasteiger partial charge on any atom is -0.436 e. The number of Topliss-reactive ketones (excluding diaryl/α,β-unsaturated/α-hetero) is 1. The molecule has 1 saturated carbocycles. The maximum Gasteiger partial charge on any atom is 0.411 e. The first-order valence-electron chi connectivity index (χ1n) is 12.2. The Kier molecular flexibility index (Phi) is 6.51. The van der Waals surface area contributed by atoms with E-state index in [1.165, 1.54) is 11.9 Å². The van der Waals surface area contributed by atoms with Gasteiger partial charge in [-0.15, -0.1) is 0 Å². The molecule has 1 saturated heterocycles. The Morgan fingerprint density at radius 1 is 1.25 bits per heavy atom. The summed E-state index contributed by atoms with van der Waals surface area (Å²) < 4.78 is 5.82. The van der Waals surface area contributed by atoms with Crippen LogP contribution in [-0.4, -0.2) is 71.9 Å². The number of fused-ring (bicyclic) bond motifs is 1. The Balaban J connectivity index is 1.28. The van der Waals surface area contributed by atoms with Crippen molar-refractivity contribution in [1.29, 1.82) is 0 Å². The normalized spacial score (nSPS) is 24.7. The van der Waals surface area contributed by atoms with Gasteiger partial charge in [-0.25, -0.2) is 9.59 Å². The number of ether oxygens (including phenoxy) is 1. The van der Waals surface area contributed by atoms with Crippen LogP contribution in [0.5, 0.6) is 0 Å². The number of nitrogens with zero attached hydrogens (tertiary/aromatic N) is 2. The van der Waals surface area contributed by atoms with Gasteiger partial charge in [0.15, 0.2) is 11.4 Å². The second-order valence-electron chi connectivity index (χ2n) is 9.84. The van der Waals surface area contributed by atoms with Gasteiger partial charge in [0, 0.05) is 36.3 Å². The highest BCUT2D eigenvalue weighted by Gasteiger charge is 2.53. The molecule has 10 heteroatoms. The standard InChI is InChI=1S/C26H29ClN4O5/c1-28-24(34)29-21-9-8-19-18(23(21)33)10-11-26(19)15-31(25(35)36-26)14-22(32)30(12-16-6-7-16)13-17-4-2-3-5-20(17)27/h2-5,8-9,16,21H,6-7,10-15H2,1H3,(H2,28,29,34)/t21?,26-/m0/s1. The Morgan fingerprint density at radius 3 is 2.75 bits per heavy atom. The fourth-order valence-electron chi connectivity index (χ4n) is 5.16. The molecule has 1 aromatic rings. The molecule has 2 N–H and O–H groups in total. The highest BCUT2D eigenvalue weighted by atomic mass is 35.5. The molecule has 0 bridgehead atoms. The van der Waals surface area contributed by atoms with Crippen molar-refractivity contribution in [2.75, 3.05) is 26.7 Å². The molecule has 9 nitrogen and oxygen atoms in total. The van der Waals surface area contributed by atoms with E-state index in [0.717, 1.165) is 18.4 Å². The van der Waals surface area contributed by atoms with Crippen molar-refractivity contribution in [3.8, 4) is 0 Å². The van der Waals surface area contributed by atoms with Gasteiger partial charge in [-0.2, -0.15) is 0 Å². The molecule has 0 aromatic heterocycles. The van der Waals surface area contributed by atoms with E-state index in [2.05, 4.69) is 10.6 Å². The molecule has 4 amide bonds. The third kappa shape index (κ3) is 4.72. The van der Waals surface area contributed by atoms with Crippen LogP contribution < -0.4 is 10.6 Å². The van der Waals surface area contributed by atoms with Crippen LogP contribution >= 0.6 is 11.6 Å². The zero-order valence-electron chi connectivity index (χ0n) is 20.1. The number of carbonyl (C=O) groups excluding carboxylic acids is 4. The average molecular weight is 513 g/mol. The first-order valence-corrected chi connectivity index (χ1v) is 12.6. The maximum atomic E-state index is 13.3.